The van der Waals surface area contributed by atoms with Gasteiger partial charge in [-0.15, -0.1) is 0 Å². The van der Waals surface area contributed by atoms with Crippen molar-refractivity contribution in [1.82, 2.24) is 4.90 Å². The Morgan fingerprint density at radius 1 is 1.10 bits per heavy atom. The van der Waals surface area contributed by atoms with Crippen molar-refractivity contribution in [2.75, 3.05) is 11.9 Å². The van der Waals surface area contributed by atoms with Crippen LogP contribution >= 0.6 is 12.2 Å². The Labute approximate surface area is 178 Å². The number of carbonyl (C=O) groups is 1. The summed E-state index contributed by atoms with van der Waals surface area (Å²) in [7, 11) is 0. The summed E-state index contributed by atoms with van der Waals surface area (Å²) in [5.41, 5.74) is 4.71. The lowest BCUT2D eigenvalue weighted by molar-refractivity contribution is -0.143. The molecule has 0 aliphatic heterocycles. The number of aryl methyl sites for hydroxylation is 2. The van der Waals surface area contributed by atoms with E-state index in [1.54, 1.807) is 0 Å². The Kier molecular flexibility index (Phi) is 7.26. The van der Waals surface area contributed by atoms with E-state index in [0.717, 1.165) is 49.6 Å². The van der Waals surface area contributed by atoms with Gasteiger partial charge in [0.2, 0.25) is 0 Å². The number of benzene rings is 2. The predicted octanol–water partition coefficient (Wildman–Crippen LogP) is 5.39. The van der Waals surface area contributed by atoms with Gasteiger partial charge in [-0.05, 0) is 86.5 Å². The fraction of sp³-hybridized carbons (Fsp3) is 0.417. The zero-order valence-corrected chi connectivity index (χ0v) is 18.0. The number of carboxylic acids is 1. The Hall–Kier alpha value is -2.40. The van der Waals surface area contributed by atoms with Crippen molar-refractivity contribution in [3.63, 3.8) is 0 Å². The number of thiocarbonyl (C=S) groups is 1. The third-order valence-electron chi connectivity index (χ3n) is 5.85. The van der Waals surface area contributed by atoms with E-state index in [0.29, 0.717) is 5.92 Å². The molecule has 0 atom stereocenters. The molecule has 0 bridgehead atoms. The van der Waals surface area contributed by atoms with Crippen molar-refractivity contribution in [2.45, 2.75) is 46.1 Å². The Morgan fingerprint density at radius 3 is 2.48 bits per heavy atom. The van der Waals surface area contributed by atoms with Crippen LogP contribution in [0.3, 0.4) is 0 Å². The van der Waals surface area contributed by atoms with Gasteiger partial charge in [0, 0.05) is 18.8 Å². The monoisotopic (exact) mass is 410 g/mol. The van der Waals surface area contributed by atoms with Gasteiger partial charge < -0.3 is 15.3 Å². The maximum absolute atomic E-state index is 11.3. The summed E-state index contributed by atoms with van der Waals surface area (Å²) in [6.45, 7) is 5.80. The van der Waals surface area contributed by atoms with E-state index < -0.39 is 5.97 Å². The number of nitrogens with one attached hydrogen (secondary N) is 1. The van der Waals surface area contributed by atoms with E-state index in [1.165, 1.54) is 16.7 Å². The Balaban J connectivity index is 1.71. The lowest BCUT2D eigenvalue weighted by Gasteiger charge is -2.33. The van der Waals surface area contributed by atoms with E-state index in [4.69, 9.17) is 12.2 Å². The molecule has 1 aliphatic rings. The largest absolute Gasteiger partial charge is 0.481 e. The van der Waals surface area contributed by atoms with Crippen LogP contribution in [0.25, 0.3) is 0 Å². The molecular formula is C24H30N2O2S. The van der Waals surface area contributed by atoms with Gasteiger partial charge in [0.25, 0.3) is 0 Å². The van der Waals surface area contributed by atoms with E-state index >= 15 is 0 Å². The van der Waals surface area contributed by atoms with Crippen molar-refractivity contribution in [1.29, 1.82) is 0 Å². The minimum atomic E-state index is -0.656. The quantitative estimate of drug-likeness (QED) is 0.625. The average Bonchev–Trinajstić information content (AvgIpc) is 2.69. The average molecular weight is 411 g/mol. The highest BCUT2D eigenvalue weighted by atomic mass is 32.1. The van der Waals surface area contributed by atoms with Gasteiger partial charge in [0.15, 0.2) is 5.11 Å². The van der Waals surface area contributed by atoms with Gasteiger partial charge in [0.05, 0.1) is 5.92 Å². The second kappa shape index (κ2) is 9.88. The van der Waals surface area contributed by atoms with Crippen LogP contribution in [0, 0.1) is 25.7 Å². The highest BCUT2D eigenvalue weighted by Gasteiger charge is 2.27. The molecule has 2 aromatic rings. The fourth-order valence-electron chi connectivity index (χ4n) is 4.04. The molecule has 0 amide bonds. The molecule has 5 heteroatoms. The topological polar surface area (TPSA) is 52.6 Å². The first-order valence-corrected chi connectivity index (χ1v) is 10.7. The molecule has 2 N–H and O–H groups in total. The second-order valence-electron chi connectivity index (χ2n) is 8.16. The molecule has 4 nitrogen and oxygen atoms in total. The van der Waals surface area contributed by atoms with Gasteiger partial charge in [-0.2, -0.15) is 0 Å². The summed E-state index contributed by atoms with van der Waals surface area (Å²) >= 11 is 5.80. The Bertz CT molecular complexity index is 859. The van der Waals surface area contributed by atoms with Crippen molar-refractivity contribution in [3.8, 4) is 0 Å². The zero-order valence-electron chi connectivity index (χ0n) is 17.2. The minimum Gasteiger partial charge on any atom is -0.481 e. The van der Waals surface area contributed by atoms with Crippen LogP contribution in [0.2, 0.25) is 0 Å². The molecular weight excluding hydrogens is 380 g/mol. The summed E-state index contributed by atoms with van der Waals surface area (Å²) in [6, 6.07) is 16.6. The molecule has 0 heterocycles. The van der Waals surface area contributed by atoms with Crippen molar-refractivity contribution in [2.24, 2.45) is 11.8 Å². The fourth-order valence-corrected chi connectivity index (χ4v) is 4.30. The lowest BCUT2D eigenvalue weighted by atomic mass is 9.82. The van der Waals surface area contributed by atoms with E-state index in [2.05, 4.69) is 60.5 Å². The standard InChI is InChI=1S/C24H30N2O2S/c1-17-6-5-9-22(14-17)25-24(29)26(16-21-8-4-3-7-18(21)2)15-19-10-12-20(13-11-19)23(27)28/h3-9,14,19-20H,10-13,15-16H2,1-2H3,(H,25,29)(H,27,28). The van der Waals surface area contributed by atoms with Gasteiger partial charge in [-0.1, -0.05) is 36.4 Å². The van der Waals surface area contributed by atoms with Crippen molar-refractivity contribution >= 4 is 29.0 Å². The van der Waals surface area contributed by atoms with Crippen molar-refractivity contribution < 1.29 is 9.90 Å². The van der Waals surface area contributed by atoms with Crippen LogP contribution in [-0.4, -0.2) is 27.6 Å². The lowest BCUT2D eigenvalue weighted by Crippen LogP contribution is -2.39. The molecule has 1 saturated carbocycles. The number of aliphatic carboxylic acids is 1. The van der Waals surface area contributed by atoms with Crippen molar-refractivity contribution in [3.05, 3.63) is 65.2 Å². The molecule has 0 unspecified atom stereocenters. The number of hydrogen-bond donors (Lipinski definition) is 2. The Morgan fingerprint density at radius 2 is 1.83 bits per heavy atom. The van der Waals surface area contributed by atoms with Crippen LogP contribution in [0.4, 0.5) is 5.69 Å². The zero-order chi connectivity index (χ0) is 20.8. The van der Waals surface area contributed by atoms with Crippen LogP contribution in [0.5, 0.6) is 0 Å². The third-order valence-corrected chi connectivity index (χ3v) is 6.21. The van der Waals surface area contributed by atoms with Gasteiger partial charge >= 0.3 is 5.97 Å². The van der Waals surface area contributed by atoms with Crippen LogP contribution in [-0.2, 0) is 11.3 Å². The molecule has 1 aliphatic carbocycles. The van der Waals surface area contributed by atoms with Gasteiger partial charge in [0.1, 0.15) is 0 Å². The first-order valence-electron chi connectivity index (χ1n) is 10.3. The number of rotatable bonds is 6. The number of hydrogen-bond acceptors (Lipinski definition) is 2. The third kappa shape index (κ3) is 6.04. The minimum absolute atomic E-state index is 0.187. The summed E-state index contributed by atoms with van der Waals surface area (Å²) in [5.74, 6) is -0.378. The summed E-state index contributed by atoms with van der Waals surface area (Å²) in [6.07, 6.45) is 3.40. The highest BCUT2D eigenvalue weighted by Crippen LogP contribution is 2.30. The highest BCUT2D eigenvalue weighted by molar-refractivity contribution is 7.80. The maximum atomic E-state index is 11.3. The van der Waals surface area contributed by atoms with E-state index in [-0.39, 0.29) is 5.92 Å². The van der Waals surface area contributed by atoms with Crippen LogP contribution in [0.15, 0.2) is 48.5 Å². The number of carboxylic acid groups (broad SMARTS) is 1. The van der Waals surface area contributed by atoms with Gasteiger partial charge in [-0.25, -0.2) is 0 Å². The van der Waals surface area contributed by atoms with E-state index in [1.807, 2.05) is 12.1 Å². The molecule has 0 saturated heterocycles. The van der Waals surface area contributed by atoms with Crippen LogP contribution < -0.4 is 5.32 Å². The molecule has 3 rings (SSSR count). The van der Waals surface area contributed by atoms with Gasteiger partial charge in [-0.3, -0.25) is 4.79 Å². The SMILES string of the molecule is Cc1cccc(NC(=S)N(Cc2ccccc2C)CC2CCC(C(=O)O)CC2)c1. The second-order valence-corrected chi connectivity index (χ2v) is 8.55. The first kappa shape index (κ1) is 21.3. The molecule has 2 aromatic carbocycles. The van der Waals surface area contributed by atoms with E-state index in [9.17, 15) is 9.90 Å². The number of anilines is 1. The molecule has 0 spiro atoms. The molecule has 0 aromatic heterocycles. The van der Waals surface area contributed by atoms with Crippen LogP contribution in [0.1, 0.15) is 42.4 Å². The summed E-state index contributed by atoms with van der Waals surface area (Å²) in [5, 5.41) is 13.4. The normalized spacial score (nSPS) is 18.8. The predicted molar refractivity (Wildman–Crippen MR) is 122 cm³/mol. The molecule has 1 fully saturated rings. The molecule has 154 valence electrons. The smallest absolute Gasteiger partial charge is 0.306 e. The number of nitrogens with zero attached hydrogens (tertiary/aromatic N) is 1. The first-order chi connectivity index (χ1) is 13.9. The molecule has 0 radical (unpaired) electrons. The molecule has 29 heavy (non-hydrogen) atoms. The maximum Gasteiger partial charge on any atom is 0.306 e. The summed E-state index contributed by atoms with van der Waals surface area (Å²) in [4.78, 5) is 13.5. The summed E-state index contributed by atoms with van der Waals surface area (Å²) < 4.78 is 0.